The number of nitrogens with zero attached hydrogens (tertiary/aromatic N) is 2. The summed E-state index contributed by atoms with van der Waals surface area (Å²) in [7, 11) is 0. The molecular weight excluding hydrogens is 365 g/mol. The molecule has 2 aliphatic rings. The van der Waals surface area contributed by atoms with Gasteiger partial charge in [-0.15, -0.1) is 11.3 Å². The van der Waals surface area contributed by atoms with Gasteiger partial charge < -0.3 is 9.64 Å². The molecule has 0 N–H and O–H groups in total. The van der Waals surface area contributed by atoms with Gasteiger partial charge in [0.05, 0.1) is 17.8 Å². The highest BCUT2D eigenvalue weighted by Crippen LogP contribution is 2.43. The Morgan fingerprint density at radius 1 is 1.23 bits per heavy atom. The van der Waals surface area contributed by atoms with E-state index in [1.807, 2.05) is 0 Å². The van der Waals surface area contributed by atoms with Crippen LogP contribution in [0.2, 0.25) is 0 Å². The predicted octanol–water partition coefficient (Wildman–Crippen LogP) is 3.87. The van der Waals surface area contributed by atoms with Gasteiger partial charge >= 0.3 is 6.18 Å². The third-order valence-electron chi connectivity index (χ3n) is 5.10. The lowest BCUT2D eigenvalue weighted by atomic mass is 9.82. The summed E-state index contributed by atoms with van der Waals surface area (Å²) in [5.41, 5.74) is 0.0852. The van der Waals surface area contributed by atoms with Crippen molar-refractivity contribution in [3.8, 4) is 0 Å². The molecule has 2 aromatic rings. The molecule has 0 unspecified atom stereocenters. The van der Waals surface area contributed by atoms with E-state index in [2.05, 4.69) is 16.4 Å². The topological polar surface area (TPSA) is 42.4 Å². The first-order valence-corrected chi connectivity index (χ1v) is 9.30. The first kappa shape index (κ1) is 17.5. The molecule has 0 aromatic carbocycles. The molecule has 26 heavy (non-hydrogen) atoms. The molecule has 2 aliphatic heterocycles. The number of rotatable bonds is 1. The maximum absolute atomic E-state index is 12.6. The summed E-state index contributed by atoms with van der Waals surface area (Å²) in [5.74, 6) is -0.289. The summed E-state index contributed by atoms with van der Waals surface area (Å²) >= 11 is 1.74. The molecule has 2 aromatic heterocycles. The zero-order valence-electron chi connectivity index (χ0n) is 13.9. The standard InChI is InChI=1S/C18H17F3N2O2S/c19-18(20,21)15-2-1-12(11-22-15)16(24)23-7-5-17(6-8-23)13-4-10-26-14(13)3-9-25-17/h1-2,4,10-11H,3,5-9H2. The quantitative estimate of drug-likeness (QED) is 0.752. The molecule has 1 saturated heterocycles. The fourth-order valence-corrected chi connectivity index (χ4v) is 4.66. The Bertz CT molecular complexity index is 809. The van der Waals surface area contributed by atoms with Crippen LogP contribution in [0.25, 0.3) is 0 Å². The van der Waals surface area contributed by atoms with Crippen LogP contribution < -0.4 is 0 Å². The molecular formula is C18H17F3N2O2S. The van der Waals surface area contributed by atoms with Crippen LogP contribution in [0.3, 0.4) is 0 Å². The number of carbonyl (C=O) groups is 1. The predicted molar refractivity (Wildman–Crippen MR) is 90.0 cm³/mol. The second kappa shape index (κ2) is 6.35. The summed E-state index contributed by atoms with van der Waals surface area (Å²) in [6.45, 7) is 1.70. The third kappa shape index (κ3) is 3.01. The second-order valence-corrected chi connectivity index (χ2v) is 7.57. The van der Waals surface area contributed by atoms with E-state index in [-0.39, 0.29) is 17.1 Å². The van der Waals surface area contributed by atoms with E-state index in [9.17, 15) is 18.0 Å². The first-order valence-electron chi connectivity index (χ1n) is 8.42. The van der Waals surface area contributed by atoms with Gasteiger partial charge in [0.2, 0.25) is 0 Å². The minimum atomic E-state index is -4.50. The molecule has 0 aliphatic carbocycles. The van der Waals surface area contributed by atoms with E-state index in [0.717, 1.165) is 18.7 Å². The lowest BCUT2D eigenvalue weighted by Gasteiger charge is -2.44. The number of carbonyl (C=O) groups excluding carboxylic acids is 1. The van der Waals surface area contributed by atoms with E-state index in [1.54, 1.807) is 16.2 Å². The van der Waals surface area contributed by atoms with Crippen molar-refractivity contribution >= 4 is 17.2 Å². The van der Waals surface area contributed by atoms with Gasteiger partial charge in [-0.2, -0.15) is 13.2 Å². The zero-order chi connectivity index (χ0) is 18.4. The van der Waals surface area contributed by atoms with Gasteiger partial charge in [0, 0.05) is 30.6 Å². The molecule has 4 nitrogen and oxygen atoms in total. The SMILES string of the molecule is O=C(c1ccc(C(F)(F)F)nc1)N1CCC2(CC1)OCCc1sccc12. The molecule has 0 radical (unpaired) electrons. The summed E-state index contributed by atoms with van der Waals surface area (Å²) in [6, 6.07) is 4.15. The fraction of sp³-hybridized carbons (Fsp3) is 0.444. The largest absolute Gasteiger partial charge is 0.433 e. The lowest BCUT2D eigenvalue weighted by Crippen LogP contribution is -2.48. The minimum Gasteiger partial charge on any atom is -0.370 e. The Labute approximate surface area is 152 Å². The molecule has 0 bridgehead atoms. The first-order chi connectivity index (χ1) is 12.4. The number of ether oxygens (including phenoxy) is 1. The number of thiophene rings is 1. The average Bonchev–Trinajstić information content (AvgIpc) is 3.12. The molecule has 8 heteroatoms. The Kier molecular flexibility index (Phi) is 4.27. The highest BCUT2D eigenvalue weighted by Gasteiger charge is 2.42. The van der Waals surface area contributed by atoms with Crippen LogP contribution in [0.5, 0.6) is 0 Å². The van der Waals surface area contributed by atoms with Crippen molar-refractivity contribution in [1.82, 2.24) is 9.88 Å². The zero-order valence-corrected chi connectivity index (χ0v) is 14.7. The smallest absolute Gasteiger partial charge is 0.370 e. The van der Waals surface area contributed by atoms with Crippen LogP contribution in [-0.4, -0.2) is 35.5 Å². The van der Waals surface area contributed by atoms with Crippen molar-refractivity contribution < 1.29 is 22.7 Å². The summed E-state index contributed by atoms with van der Waals surface area (Å²) in [6.07, 6.45) is -1.19. The number of aromatic nitrogens is 1. The van der Waals surface area contributed by atoms with Crippen LogP contribution in [0.1, 0.15) is 39.3 Å². The third-order valence-corrected chi connectivity index (χ3v) is 6.08. The number of piperidine rings is 1. The van der Waals surface area contributed by atoms with Gasteiger partial charge in [-0.3, -0.25) is 9.78 Å². The lowest BCUT2D eigenvalue weighted by molar-refractivity contribution is -0.141. The van der Waals surface area contributed by atoms with E-state index >= 15 is 0 Å². The maximum Gasteiger partial charge on any atom is 0.433 e. The van der Waals surface area contributed by atoms with Crippen LogP contribution >= 0.6 is 11.3 Å². The molecule has 1 spiro atoms. The van der Waals surface area contributed by atoms with Gasteiger partial charge in [0.1, 0.15) is 5.69 Å². The number of fused-ring (bicyclic) bond motifs is 2. The molecule has 0 saturated carbocycles. The summed E-state index contributed by atoms with van der Waals surface area (Å²) in [4.78, 5) is 19.0. The number of likely N-dealkylation sites (tertiary alicyclic amines) is 1. The van der Waals surface area contributed by atoms with Crippen molar-refractivity contribution in [2.75, 3.05) is 19.7 Å². The minimum absolute atomic E-state index is 0.176. The summed E-state index contributed by atoms with van der Waals surface area (Å²) in [5, 5.41) is 2.08. The number of amides is 1. The Hall–Kier alpha value is -1.93. The monoisotopic (exact) mass is 382 g/mol. The van der Waals surface area contributed by atoms with Crippen LogP contribution in [0, 0.1) is 0 Å². The number of alkyl halides is 3. The maximum atomic E-state index is 12.6. The van der Waals surface area contributed by atoms with Crippen LogP contribution in [0.15, 0.2) is 29.8 Å². The van der Waals surface area contributed by atoms with Crippen molar-refractivity contribution in [2.45, 2.75) is 31.0 Å². The van der Waals surface area contributed by atoms with Crippen molar-refractivity contribution in [2.24, 2.45) is 0 Å². The van der Waals surface area contributed by atoms with Gasteiger partial charge in [0.15, 0.2) is 0 Å². The van der Waals surface area contributed by atoms with E-state index < -0.39 is 11.9 Å². The Balaban J connectivity index is 1.46. The molecule has 1 fully saturated rings. The average molecular weight is 382 g/mol. The Morgan fingerprint density at radius 2 is 2.00 bits per heavy atom. The highest BCUT2D eigenvalue weighted by atomic mass is 32.1. The van der Waals surface area contributed by atoms with Gasteiger partial charge in [-0.1, -0.05) is 0 Å². The van der Waals surface area contributed by atoms with Crippen molar-refractivity contribution in [3.05, 3.63) is 51.5 Å². The number of hydrogen-bond acceptors (Lipinski definition) is 4. The fourth-order valence-electron chi connectivity index (χ4n) is 3.71. The van der Waals surface area contributed by atoms with E-state index in [0.29, 0.717) is 32.5 Å². The number of pyridine rings is 1. The van der Waals surface area contributed by atoms with Crippen molar-refractivity contribution in [3.63, 3.8) is 0 Å². The molecule has 4 heterocycles. The van der Waals surface area contributed by atoms with E-state index in [4.69, 9.17) is 4.74 Å². The normalized spacial score (nSPS) is 19.4. The molecule has 1 amide bonds. The van der Waals surface area contributed by atoms with Gasteiger partial charge in [-0.05, 0) is 42.0 Å². The molecule has 0 atom stereocenters. The summed E-state index contributed by atoms with van der Waals surface area (Å²) < 4.78 is 43.9. The van der Waals surface area contributed by atoms with Gasteiger partial charge in [0.25, 0.3) is 5.91 Å². The van der Waals surface area contributed by atoms with Crippen molar-refractivity contribution in [1.29, 1.82) is 0 Å². The van der Waals surface area contributed by atoms with Crippen LogP contribution in [-0.2, 0) is 22.9 Å². The Morgan fingerprint density at radius 3 is 2.65 bits per heavy atom. The highest BCUT2D eigenvalue weighted by molar-refractivity contribution is 7.10. The van der Waals surface area contributed by atoms with E-state index in [1.165, 1.54) is 16.5 Å². The molecule has 138 valence electrons. The number of hydrogen-bond donors (Lipinski definition) is 0. The molecule has 4 rings (SSSR count). The van der Waals surface area contributed by atoms with Gasteiger partial charge in [-0.25, -0.2) is 0 Å². The number of halogens is 3. The van der Waals surface area contributed by atoms with Crippen LogP contribution in [0.4, 0.5) is 13.2 Å². The second-order valence-electron chi connectivity index (χ2n) is 6.57.